The SMILES string of the molecule is CCN=C(NN)c1cccc(OC)c1. The molecule has 0 saturated heterocycles. The van der Waals surface area contributed by atoms with Crippen LogP contribution in [0.2, 0.25) is 0 Å². The lowest BCUT2D eigenvalue weighted by Crippen LogP contribution is -2.31. The van der Waals surface area contributed by atoms with Crippen LogP contribution in [0.4, 0.5) is 0 Å². The first-order valence-electron chi connectivity index (χ1n) is 4.47. The Morgan fingerprint density at radius 3 is 2.93 bits per heavy atom. The first-order chi connectivity index (χ1) is 6.81. The summed E-state index contributed by atoms with van der Waals surface area (Å²) < 4.78 is 5.10. The van der Waals surface area contributed by atoms with E-state index in [-0.39, 0.29) is 0 Å². The number of benzene rings is 1. The molecule has 14 heavy (non-hydrogen) atoms. The van der Waals surface area contributed by atoms with Crippen LogP contribution in [0, 0.1) is 0 Å². The van der Waals surface area contributed by atoms with Crippen LogP contribution in [-0.2, 0) is 0 Å². The van der Waals surface area contributed by atoms with E-state index in [1.165, 1.54) is 0 Å². The van der Waals surface area contributed by atoms with Gasteiger partial charge in [0.1, 0.15) is 11.6 Å². The number of hydrazine groups is 1. The highest BCUT2D eigenvalue weighted by Gasteiger charge is 2.01. The molecule has 0 aromatic heterocycles. The third kappa shape index (κ3) is 2.47. The molecule has 4 heteroatoms. The minimum atomic E-state index is 0.673. The van der Waals surface area contributed by atoms with Gasteiger partial charge in [-0.2, -0.15) is 0 Å². The van der Waals surface area contributed by atoms with Crippen molar-refractivity contribution in [1.29, 1.82) is 0 Å². The van der Waals surface area contributed by atoms with Crippen molar-refractivity contribution in [2.75, 3.05) is 13.7 Å². The Kier molecular flexibility index (Phi) is 3.94. The number of nitrogens with zero attached hydrogens (tertiary/aromatic N) is 1. The normalized spacial score (nSPS) is 11.2. The van der Waals surface area contributed by atoms with Gasteiger partial charge >= 0.3 is 0 Å². The highest BCUT2D eigenvalue weighted by Crippen LogP contribution is 2.12. The standard InChI is InChI=1S/C10H15N3O/c1-3-12-10(13-11)8-5-4-6-9(7-8)14-2/h4-7H,3,11H2,1-2H3,(H,12,13). The highest BCUT2D eigenvalue weighted by atomic mass is 16.5. The molecule has 0 unspecified atom stereocenters. The molecule has 0 aliphatic rings. The summed E-state index contributed by atoms with van der Waals surface area (Å²) >= 11 is 0. The van der Waals surface area contributed by atoms with E-state index in [9.17, 15) is 0 Å². The fraction of sp³-hybridized carbons (Fsp3) is 0.300. The maximum Gasteiger partial charge on any atom is 0.142 e. The fourth-order valence-electron chi connectivity index (χ4n) is 1.15. The van der Waals surface area contributed by atoms with Gasteiger partial charge in [-0.25, -0.2) is 5.84 Å². The van der Waals surface area contributed by atoms with E-state index in [0.717, 1.165) is 11.3 Å². The molecule has 0 radical (unpaired) electrons. The maximum absolute atomic E-state index is 5.36. The lowest BCUT2D eigenvalue weighted by molar-refractivity contribution is 0.414. The summed E-state index contributed by atoms with van der Waals surface area (Å²) in [4.78, 5) is 4.21. The second-order valence-corrected chi connectivity index (χ2v) is 2.70. The first kappa shape index (κ1) is 10.5. The predicted molar refractivity (Wildman–Crippen MR) is 57.4 cm³/mol. The van der Waals surface area contributed by atoms with E-state index in [1.807, 2.05) is 31.2 Å². The van der Waals surface area contributed by atoms with Crippen LogP contribution in [-0.4, -0.2) is 19.5 Å². The van der Waals surface area contributed by atoms with Crippen molar-refractivity contribution in [1.82, 2.24) is 5.43 Å². The van der Waals surface area contributed by atoms with Crippen molar-refractivity contribution in [3.05, 3.63) is 29.8 Å². The highest BCUT2D eigenvalue weighted by molar-refractivity contribution is 5.98. The van der Waals surface area contributed by atoms with Gasteiger partial charge in [0.2, 0.25) is 0 Å². The average molecular weight is 193 g/mol. The summed E-state index contributed by atoms with van der Waals surface area (Å²) in [6.45, 7) is 2.65. The molecule has 0 saturated carbocycles. The number of ether oxygens (including phenoxy) is 1. The molecular weight excluding hydrogens is 178 g/mol. The van der Waals surface area contributed by atoms with Gasteiger partial charge in [-0.1, -0.05) is 12.1 Å². The van der Waals surface area contributed by atoms with Crippen LogP contribution >= 0.6 is 0 Å². The van der Waals surface area contributed by atoms with Crippen molar-refractivity contribution in [3.8, 4) is 5.75 Å². The van der Waals surface area contributed by atoms with Crippen LogP contribution in [0.3, 0.4) is 0 Å². The van der Waals surface area contributed by atoms with Gasteiger partial charge in [-0.05, 0) is 19.1 Å². The Morgan fingerprint density at radius 1 is 1.57 bits per heavy atom. The largest absolute Gasteiger partial charge is 0.497 e. The molecule has 0 amide bonds. The monoisotopic (exact) mass is 193 g/mol. The van der Waals surface area contributed by atoms with Gasteiger partial charge < -0.3 is 10.2 Å². The minimum Gasteiger partial charge on any atom is -0.497 e. The van der Waals surface area contributed by atoms with Gasteiger partial charge in [0.25, 0.3) is 0 Å². The summed E-state index contributed by atoms with van der Waals surface area (Å²) in [5.74, 6) is 6.83. The zero-order valence-electron chi connectivity index (χ0n) is 8.45. The van der Waals surface area contributed by atoms with Crippen molar-refractivity contribution in [2.45, 2.75) is 6.92 Å². The third-order valence-electron chi connectivity index (χ3n) is 1.80. The van der Waals surface area contributed by atoms with E-state index in [4.69, 9.17) is 10.6 Å². The van der Waals surface area contributed by atoms with Gasteiger partial charge in [0, 0.05) is 12.1 Å². The third-order valence-corrected chi connectivity index (χ3v) is 1.80. The lowest BCUT2D eigenvalue weighted by Gasteiger charge is -2.06. The second-order valence-electron chi connectivity index (χ2n) is 2.70. The number of nitrogens with two attached hydrogens (primary N) is 1. The van der Waals surface area contributed by atoms with Crippen molar-refractivity contribution in [3.63, 3.8) is 0 Å². The summed E-state index contributed by atoms with van der Waals surface area (Å²) in [5.41, 5.74) is 3.49. The van der Waals surface area contributed by atoms with E-state index < -0.39 is 0 Å². The minimum absolute atomic E-state index is 0.673. The van der Waals surface area contributed by atoms with Gasteiger partial charge in [-0.15, -0.1) is 0 Å². The zero-order valence-corrected chi connectivity index (χ0v) is 8.45. The molecule has 0 aliphatic heterocycles. The Labute approximate surface area is 83.8 Å². The molecule has 3 N–H and O–H groups in total. The second kappa shape index (κ2) is 5.24. The van der Waals surface area contributed by atoms with Crippen LogP contribution < -0.4 is 16.0 Å². The molecule has 76 valence electrons. The van der Waals surface area contributed by atoms with Crippen LogP contribution in [0.25, 0.3) is 0 Å². The predicted octanol–water partition coefficient (Wildman–Crippen LogP) is 0.925. The number of amidine groups is 1. The molecule has 1 aromatic rings. The van der Waals surface area contributed by atoms with E-state index >= 15 is 0 Å². The average Bonchev–Trinajstić information content (AvgIpc) is 2.26. The van der Waals surface area contributed by atoms with Crippen molar-refractivity contribution >= 4 is 5.84 Å². The smallest absolute Gasteiger partial charge is 0.142 e. The Balaban J connectivity index is 2.98. The molecule has 1 aromatic carbocycles. The molecule has 0 aliphatic carbocycles. The molecule has 0 fully saturated rings. The summed E-state index contributed by atoms with van der Waals surface area (Å²) in [6.07, 6.45) is 0. The van der Waals surface area contributed by atoms with Crippen LogP contribution in [0.15, 0.2) is 29.3 Å². The maximum atomic E-state index is 5.36. The Morgan fingerprint density at radius 2 is 2.36 bits per heavy atom. The number of hydrogen-bond acceptors (Lipinski definition) is 3. The molecular formula is C10H15N3O. The quantitative estimate of drug-likeness (QED) is 0.325. The van der Waals surface area contributed by atoms with E-state index in [2.05, 4.69) is 10.4 Å². The number of methoxy groups -OCH3 is 1. The summed E-state index contributed by atoms with van der Waals surface area (Å²) in [7, 11) is 1.63. The Bertz CT molecular complexity index is 323. The van der Waals surface area contributed by atoms with E-state index in [0.29, 0.717) is 12.4 Å². The molecule has 0 spiro atoms. The molecule has 0 atom stereocenters. The molecule has 0 heterocycles. The summed E-state index contributed by atoms with van der Waals surface area (Å²) in [5, 5.41) is 0. The van der Waals surface area contributed by atoms with Crippen molar-refractivity contribution in [2.24, 2.45) is 10.8 Å². The molecule has 1 rings (SSSR count). The first-order valence-corrected chi connectivity index (χ1v) is 4.47. The lowest BCUT2D eigenvalue weighted by atomic mass is 10.2. The topological polar surface area (TPSA) is 59.6 Å². The number of aliphatic imine (C=N–C) groups is 1. The van der Waals surface area contributed by atoms with Crippen LogP contribution in [0.1, 0.15) is 12.5 Å². The summed E-state index contributed by atoms with van der Waals surface area (Å²) in [6, 6.07) is 7.59. The van der Waals surface area contributed by atoms with Gasteiger partial charge in [0.05, 0.1) is 7.11 Å². The van der Waals surface area contributed by atoms with E-state index in [1.54, 1.807) is 7.11 Å². The van der Waals surface area contributed by atoms with Gasteiger partial charge in [-0.3, -0.25) is 4.99 Å². The van der Waals surface area contributed by atoms with Crippen LogP contribution in [0.5, 0.6) is 5.75 Å². The number of hydrogen-bond donors (Lipinski definition) is 2. The van der Waals surface area contributed by atoms with Crippen molar-refractivity contribution < 1.29 is 4.74 Å². The number of nitrogens with one attached hydrogen (secondary N) is 1. The molecule has 4 nitrogen and oxygen atoms in total. The number of rotatable bonds is 3. The molecule has 0 bridgehead atoms. The van der Waals surface area contributed by atoms with Gasteiger partial charge in [0.15, 0.2) is 0 Å². The Hall–Kier alpha value is -1.55. The zero-order chi connectivity index (χ0) is 10.4. The fourth-order valence-corrected chi connectivity index (χ4v) is 1.15.